The highest BCUT2D eigenvalue weighted by atomic mass is 19.1. The molecule has 38 heavy (non-hydrogen) atoms. The molecule has 1 saturated carbocycles. The monoisotopic (exact) mass is 513 g/mol. The van der Waals surface area contributed by atoms with E-state index in [4.69, 9.17) is 0 Å². The van der Waals surface area contributed by atoms with Crippen molar-refractivity contribution in [2.24, 2.45) is 0 Å². The van der Waals surface area contributed by atoms with Crippen LogP contribution < -0.4 is 10.6 Å². The van der Waals surface area contributed by atoms with E-state index in [1.165, 1.54) is 6.07 Å². The van der Waals surface area contributed by atoms with Crippen LogP contribution in [0.4, 0.5) is 21.7 Å². The summed E-state index contributed by atoms with van der Waals surface area (Å²) in [6.07, 6.45) is 5.35. The Morgan fingerprint density at radius 1 is 1.11 bits per heavy atom. The van der Waals surface area contributed by atoms with Gasteiger partial charge in [0.1, 0.15) is 18.2 Å². The number of nitrogens with one attached hydrogen (secondary N) is 2. The second-order valence-electron chi connectivity index (χ2n) is 10.8. The van der Waals surface area contributed by atoms with Crippen molar-refractivity contribution in [3.8, 4) is 11.1 Å². The van der Waals surface area contributed by atoms with Gasteiger partial charge < -0.3 is 20.6 Å². The zero-order valence-corrected chi connectivity index (χ0v) is 21.3. The summed E-state index contributed by atoms with van der Waals surface area (Å²) in [5.74, 6) is 0.919. The largest absolute Gasteiger partial charge is 0.387 e. The molecule has 1 fully saturated rings. The average Bonchev–Trinajstić information content (AvgIpc) is 3.57. The minimum absolute atomic E-state index is 0.0112. The Morgan fingerprint density at radius 3 is 2.76 bits per heavy atom. The minimum Gasteiger partial charge on any atom is -0.387 e. The number of carbonyl (C=O) groups excluding carboxylic acids is 1. The van der Waals surface area contributed by atoms with Crippen molar-refractivity contribution in [1.29, 1.82) is 0 Å². The van der Waals surface area contributed by atoms with E-state index in [2.05, 4.69) is 25.7 Å². The molecule has 1 amide bonds. The van der Waals surface area contributed by atoms with Gasteiger partial charge in [-0.15, -0.1) is 0 Å². The zero-order valence-electron chi connectivity index (χ0n) is 21.3. The van der Waals surface area contributed by atoms with Crippen molar-refractivity contribution in [2.75, 3.05) is 30.8 Å². The van der Waals surface area contributed by atoms with Crippen molar-refractivity contribution in [3.05, 3.63) is 59.4 Å². The van der Waals surface area contributed by atoms with E-state index in [9.17, 15) is 9.90 Å². The molecule has 5 heterocycles. The van der Waals surface area contributed by atoms with E-state index >= 15 is 4.39 Å². The van der Waals surface area contributed by atoms with Gasteiger partial charge in [0.05, 0.1) is 17.5 Å². The Bertz CT molecular complexity index is 1630. The Labute approximate surface area is 218 Å². The molecule has 10 heteroatoms. The van der Waals surface area contributed by atoms with Gasteiger partial charge in [-0.3, -0.25) is 14.5 Å². The molecular formula is C28H28FN7O2. The predicted octanol–water partition coefficient (Wildman–Crippen LogP) is 4.04. The van der Waals surface area contributed by atoms with Crippen molar-refractivity contribution < 1.29 is 14.3 Å². The van der Waals surface area contributed by atoms with E-state index in [1.807, 2.05) is 36.9 Å². The van der Waals surface area contributed by atoms with Crippen LogP contribution in [0.15, 0.2) is 36.7 Å². The first-order valence-corrected chi connectivity index (χ1v) is 12.9. The number of likely N-dealkylation sites (N-methyl/N-ethyl adjacent to an activating group) is 1. The van der Waals surface area contributed by atoms with Crippen LogP contribution in [-0.2, 0) is 16.8 Å². The Morgan fingerprint density at radius 2 is 1.95 bits per heavy atom. The number of amides is 1. The quantitative estimate of drug-likeness (QED) is 0.380. The van der Waals surface area contributed by atoms with Crippen molar-refractivity contribution in [1.82, 2.24) is 24.6 Å². The maximum atomic E-state index is 15.3. The molecule has 1 spiro atoms. The summed E-state index contributed by atoms with van der Waals surface area (Å²) < 4.78 is 17.1. The van der Waals surface area contributed by atoms with Gasteiger partial charge >= 0.3 is 0 Å². The minimum atomic E-state index is -0.619. The maximum absolute atomic E-state index is 15.3. The standard InChI is InChI=1S/C28H28FN7O2/c1-15-19(12-32-27-21(37)3-6-30-26(15)27)18-7-16-9-23(31-11-17(16)8-20(18)29)33-24-10-22-28(4-5-28)14-35(2)25(38)13-36(22)34-24/h7-12,21,30,37H,3-6,13-14H2,1-2H3,(H,31,33,34)/t21-/m0/s1. The average molecular weight is 514 g/mol. The van der Waals surface area contributed by atoms with Crippen molar-refractivity contribution in [3.63, 3.8) is 0 Å². The molecule has 0 bridgehead atoms. The number of pyridine rings is 2. The molecule has 2 aliphatic heterocycles. The Hall–Kier alpha value is -4.05. The summed E-state index contributed by atoms with van der Waals surface area (Å²) in [5.41, 5.74) is 4.42. The molecule has 9 nitrogen and oxygen atoms in total. The first-order chi connectivity index (χ1) is 18.3. The van der Waals surface area contributed by atoms with Crippen LogP contribution in [0.1, 0.15) is 42.3 Å². The van der Waals surface area contributed by atoms with Gasteiger partial charge in [-0.25, -0.2) is 9.37 Å². The van der Waals surface area contributed by atoms with Crippen LogP contribution in [0.25, 0.3) is 21.9 Å². The third-order valence-corrected chi connectivity index (χ3v) is 8.18. The summed E-state index contributed by atoms with van der Waals surface area (Å²) in [4.78, 5) is 23.2. The second-order valence-corrected chi connectivity index (χ2v) is 10.8. The molecule has 3 aromatic heterocycles. The van der Waals surface area contributed by atoms with Gasteiger partial charge in [0.25, 0.3) is 0 Å². The fourth-order valence-electron chi connectivity index (χ4n) is 5.87. The fourth-order valence-corrected chi connectivity index (χ4v) is 5.87. The molecule has 0 unspecified atom stereocenters. The summed E-state index contributed by atoms with van der Waals surface area (Å²) in [6.45, 7) is 3.50. The number of nitrogens with zero attached hydrogens (tertiary/aromatic N) is 5. The SMILES string of the molecule is Cc1c(-c2cc3cc(Nc4cc5n(n4)CC(=O)N(C)CC54CC4)ncc3cc2F)cnc2c1NCC[C@@H]2O. The highest BCUT2D eigenvalue weighted by Crippen LogP contribution is 2.50. The third kappa shape index (κ3) is 3.62. The molecule has 0 radical (unpaired) electrons. The molecule has 1 aliphatic carbocycles. The van der Waals surface area contributed by atoms with Crippen LogP contribution in [-0.4, -0.2) is 55.8 Å². The van der Waals surface area contributed by atoms with Gasteiger partial charge in [0.15, 0.2) is 5.82 Å². The number of hydrogen-bond donors (Lipinski definition) is 3. The molecule has 4 aromatic rings. The number of hydrogen-bond acceptors (Lipinski definition) is 7. The number of anilines is 3. The van der Waals surface area contributed by atoms with E-state index in [0.29, 0.717) is 53.4 Å². The molecule has 1 aromatic carbocycles. The number of aliphatic hydroxyl groups is 1. The zero-order chi connectivity index (χ0) is 26.2. The number of halogens is 1. The lowest BCUT2D eigenvalue weighted by Crippen LogP contribution is -2.32. The first kappa shape index (κ1) is 23.1. The van der Waals surface area contributed by atoms with Gasteiger partial charge in [0.2, 0.25) is 5.91 Å². The van der Waals surface area contributed by atoms with Gasteiger partial charge in [0, 0.05) is 66.2 Å². The highest BCUT2D eigenvalue weighted by molar-refractivity contribution is 5.90. The lowest BCUT2D eigenvalue weighted by Gasteiger charge is -2.25. The van der Waals surface area contributed by atoms with Gasteiger partial charge in [-0.2, -0.15) is 5.10 Å². The van der Waals surface area contributed by atoms with Crippen molar-refractivity contribution in [2.45, 2.75) is 44.2 Å². The van der Waals surface area contributed by atoms with Crippen LogP contribution in [0.5, 0.6) is 0 Å². The first-order valence-electron chi connectivity index (χ1n) is 12.9. The van der Waals surface area contributed by atoms with E-state index < -0.39 is 6.10 Å². The smallest absolute Gasteiger partial charge is 0.244 e. The number of aromatic nitrogens is 4. The molecule has 0 saturated heterocycles. The number of rotatable bonds is 3. The third-order valence-electron chi connectivity index (χ3n) is 8.18. The van der Waals surface area contributed by atoms with Crippen molar-refractivity contribution >= 4 is 34.0 Å². The summed E-state index contributed by atoms with van der Waals surface area (Å²) in [7, 11) is 1.85. The Balaban J connectivity index is 1.23. The van der Waals surface area contributed by atoms with E-state index in [-0.39, 0.29) is 23.7 Å². The molecule has 1 atom stereocenters. The number of benzene rings is 1. The number of aliphatic hydroxyl groups excluding tert-OH is 1. The molecule has 7 rings (SSSR count). The van der Waals surface area contributed by atoms with Crippen LogP contribution in [0.2, 0.25) is 0 Å². The molecule has 3 aliphatic rings. The molecular weight excluding hydrogens is 485 g/mol. The fraction of sp³-hybridized carbons (Fsp3) is 0.357. The summed E-state index contributed by atoms with van der Waals surface area (Å²) in [6, 6.07) is 7.19. The lowest BCUT2D eigenvalue weighted by atomic mass is 9.95. The Kier molecular flexibility index (Phi) is 5.00. The van der Waals surface area contributed by atoms with Gasteiger partial charge in [-0.05, 0) is 55.3 Å². The predicted molar refractivity (Wildman–Crippen MR) is 142 cm³/mol. The maximum Gasteiger partial charge on any atom is 0.244 e. The molecule has 3 N–H and O–H groups in total. The normalized spacial score (nSPS) is 19.6. The van der Waals surface area contributed by atoms with E-state index in [1.54, 1.807) is 17.3 Å². The van der Waals surface area contributed by atoms with Crippen LogP contribution in [0.3, 0.4) is 0 Å². The summed E-state index contributed by atoms with van der Waals surface area (Å²) in [5, 5.41) is 23.1. The number of fused-ring (bicyclic) bond motifs is 4. The lowest BCUT2D eigenvalue weighted by molar-refractivity contribution is -0.130. The topological polar surface area (TPSA) is 108 Å². The van der Waals surface area contributed by atoms with Gasteiger partial charge in [-0.1, -0.05) is 0 Å². The second kappa shape index (κ2) is 8.22. The number of carbonyl (C=O) groups is 1. The van der Waals surface area contributed by atoms with Crippen LogP contribution in [0, 0.1) is 12.7 Å². The van der Waals surface area contributed by atoms with E-state index in [0.717, 1.165) is 35.2 Å². The van der Waals surface area contributed by atoms with Crippen LogP contribution >= 0.6 is 0 Å². The highest BCUT2D eigenvalue weighted by Gasteiger charge is 2.50. The summed E-state index contributed by atoms with van der Waals surface area (Å²) >= 11 is 0. The molecule has 194 valence electrons.